The number of halogens is 1. The number of methoxy groups -OCH3 is 1. The lowest BCUT2D eigenvalue weighted by atomic mass is 10.3. The fourth-order valence-electron chi connectivity index (χ4n) is 2.20. The zero-order valence-electron chi connectivity index (χ0n) is 13.4. The number of imide groups is 1. The van der Waals surface area contributed by atoms with Crippen molar-refractivity contribution in [2.24, 2.45) is 0 Å². The van der Waals surface area contributed by atoms with Gasteiger partial charge in [-0.05, 0) is 25.2 Å². The Morgan fingerprint density at radius 1 is 1.42 bits per heavy atom. The molecule has 24 heavy (non-hydrogen) atoms. The largest absolute Gasteiger partial charge is 0.495 e. The van der Waals surface area contributed by atoms with Crippen LogP contribution in [-0.4, -0.2) is 68.1 Å². The highest BCUT2D eigenvalue weighted by molar-refractivity contribution is 6.31. The van der Waals surface area contributed by atoms with Crippen LogP contribution in [-0.2, 0) is 14.3 Å². The first kappa shape index (κ1) is 18.0. The molecule has 1 heterocycles. The van der Waals surface area contributed by atoms with Crippen molar-refractivity contribution in [3.8, 4) is 5.75 Å². The van der Waals surface area contributed by atoms with E-state index in [4.69, 9.17) is 21.1 Å². The van der Waals surface area contributed by atoms with Gasteiger partial charge >= 0.3 is 6.09 Å². The van der Waals surface area contributed by atoms with Crippen molar-refractivity contribution in [3.63, 3.8) is 0 Å². The summed E-state index contributed by atoms with van der Waals surface area (Å²) in [7, 11) is 3.09. The molecule has 2 rings (SSSR count). The quantitative estimate of drug-likeness (QED) is 0.825. The molecule has 1 fully saturated rings. The van der Waals surface area contributed by atoms with Crippen molar-refractivity contribution in [1.29, 1.82) is 0 Å². The molecule has 0 aliphatic carbocycles. The Morgan fingerprint density at radius 3 is 2.79 bits per heavy atom. The number of benzene rings is 1. The van der Waals surface area contributed by atoms with E-state index < -0.39 is 12.0 Å². The Balaban J connectivity index is 1.89. The van der Waals surface area contributed by atoms with Crippen molar-refractivity contribution in [2.45, 2.75) is 0 Å². The first-order valence-electron chi connectivity index (χ1n) is 7.19. The highest BCUT2D eigenvalue weighted by atomic mass is 35.5. The van der Waals surface area contributed by atoms with E-state index in [0.29, 0.717) is 16.5 Å². The Labute approximate surface area is 144 Å². The summed E-state index contributed by atoms with van der Waals surface area (Å²) in [6.07, 6.45) is -0.651. The van der Waals surface area contributed by atoms with Crippen LogP contribution in [0.25, 0.3) is 0 Å². The number of hydrogen-bond acceptors (Lipinski definition) is 6. The number of carbonyl (C=O) groups is 3. The molecule has 130 valence electrons. The maximum atomic E-state index is 12.1. The average Bonchev–Trinajstić information content (AvgIpc) is 2.93. The van der Waals surface area contributed by atoms with Crippen LogP contribution >= 0.6 is 11.6 Å². The number of anilines is 1. The summed E-state index contributed by atoms with van der Waals surface area (Å²) in [6, 6.07) is 4.86. The van der Waals surface area contributed by atoms with Gasteiger partial charge in [0.05, 0.1) is 32.4 Å². The number of amides is 3. The smallest absolute Gasteiger partial charge is 0.416 e. The van der Waals surface area contributed by atoms with Gasteiger partial charge in [0.15, 0.2) is 0 Å². The van der Waals surface area contributed by atoms with Gasteiger partial charge in [-0.15, -0.1) is 0 Å². The summed E-state index contributed by atoms with van der Waals surface area (Å²) in [6.45, 7) is 0.320. The third-order valence-electron chi connectivity index (χ3n) is 3.32. The molecule has 0 radical (unpaired) electrons. The van der Waals surface area contributed by atoms with Crippen LogP contribution in [0.1, 0.15) is 0 Å². The molecule has 1 aliphatic heterocycles. The molecule has 0 unspecified atom stereocenters. The lowest BCUT2D eigenvalue weighted by molar-refractivity contribution is -0.129. The first-order valence-corrected chi connectivity index (χ1v) is 7.57. The second kappa shape index (κ2) is 7.98. The van der Waals surface area contributed by atoms with Crippen molar-refractivity contribution in [3.05, 3.63) is 23.2 Å². The van der Waals surface area contributed by atoms with E-state index in [-0.39, 0.29) is 32.1 Å². The minimum atomic E-state index is -0.651. The summed E-state index contributed by atoms with van der Waals surface area (Å²) in [5, 5.41) is 3.14. The van der Waals surface area contributed by atoms with E-state index in [0.717, 1.165) is 4.90 Å². The topological polar surface area (TPSA) is 88.2 Å². The number of likely N-dealkylation sites (N-methyl/N-ethyl adjacent to an activating group) is 1. The van der Waals surface area contributed by atoms with Crippen LogP contribution in [0.15, 0.2) is 18.2 Å². The van der Waals surface area contributed by atoms with Crippen LogP contribution in [0.2, 0.25) is 5.02 Å². The zero-order valence-corrected chi connectivity index (χ0v) is 14.1. The van der Waals surface area contributed by atoms with Crippen molar-refractivity contribution < 1.29 is 23.9 Å². The fourth-order valence-corrected chi connectivity index (χ4v) is 2.38. The van der Waals surface area contributed by atoms with Crippen LogP contribution < -0.4 is 10.1 Å². The third-order valence-corrected chi connectivity index (χ3v) is 3.55. The van der Waals surface area contributed by atoms with Gasteiger partial charge in [-0.3, -0.25) is 14.5 Å². The summed E-state index contributed by atoms with van der Waals surface area (Å²) in [4.78, 5) is 37.9. The van der Waals surface area contributed by atoms with Crippen LogP contribution in [0.5, 0.6) is 5.75 Å². The molecule has 0 spiro atoms. The monoisotopic (exact) mass is 355 g/mol. The second-order valence-corrected chi connectivity index (χ2v) is 5.66. The Bertz CT molecular complexity index is 652. The van der Waals surface area contributed by atoms with Crippen molar-refractivity contribution >= 4 is 35.2 Å². The van der Waals surface area contributed by atoms with Crippen molar-refractivity contribution in [1.82, 2.24) is 9.80 Å². The fraction of sp³-hybridized carbons (Fsp3) is 0.400. The molecular weight excluding hydrogens is 338 g/mol. The molecule has 0 aromatic heterocycles. The van der Waals surface area contributed by atoms with Gasteiger partial charge in [0.2, 0.25) is 11.8 Å². The molecule has 3 amide bonds. The summed E-state index contributed by atoms with van der Waals surface area (Å²) < 4.78 is 9.86. The molecule has 1 aromatic carbocycles. The molecule has 1 N–H and O–H groups in total. The van der Waals surface area contributed by atoms with E-state index >= 15 is 0 Å². The van der Waals surface area contributed by atoms with E-state index in [2.05, 4.69) is 5.32 Å². The van der Waals surface area contributed by atoms with Gasteiger partial charge in [0, 0.05) is 5.02 Å². The lowest BCUT2D eigenvalue weighted by Gasteiger charge is -2.18. The van der Waals surface area contributed by atoms with Gasteiger partial charge in [0.25, 0.3) is 0 Å². The highest BCUT2D eigenvalue weighted by Crippen LogP contribution is 2.27. The van der Waals surface area contributed by atoms with E-state index in [1.807, 2.05) is 0 Å². The predicted molar refractivity (Wildman–Crippen MR) is 87.2 cm³/mol. The maximum Gasteiger partial charge on any atom is 0.416 e. The Morgan fingerprint density at radius 2 is 2.17 bits per heavy atom. The average molecular weight is 356 g/mol. The first-order chi connectivity index (χ1) is 11.4. The third kappa shape index (κ3) is 4.59. The predicted octanol–water partition coefficient (Wildman–Crippen LogP) is 1.20. The lowest BCUT2D eigenvalue weighted by Crippen LogP contribution is -2.41. The number of nitrogens with zero attached hydrogens (tertiary/aromatic N) is 2. The van der Waals surface area contributed by atoms with Gasteiger partial charge in [-0.1, -0.05) is 11.6 Å². The Hall–Kier alpha value is -2.32. The van der Waals surface area contributed by atoms with E-state index in [1.165, 1.54) is 12.0 Å². The Kier molecular flexibility index (Phi) is 5.99. The zero-order chi connectivity index (χ0) is 17.7. The molecule has 9 heteroatoms. The molecule has 8 nitrogen and oxygen atoms in total. The van der Waals surface area contributed by atoms with E-state index in [9.17, 15) is 14.4 Å². The van der Waals surface area contributed by atoms with Gasteiger partial charge in [0.1, 0.15) is 12.4 Å². The molecular formula is C15H18ClN3O5. The van der Waals surface area contributed by atoms with Gasteiger partial charge in [-0.2, -0.15) is 0 Å². The number of nitrogens with one attached hydrogen (secondary N) is 1. The van der Waals surface area contributed by atoms with Gasteiger partial charge in [-0.25, -0.2) is 9.69 Å². The molecule has 0 bridgehead atoms. The van der Waals surface area contributed by atoms with Crippen molar-refractivity contribution in [2.75, 3.05) is 45.7 Å². The summed E-state index contributed by atoms with van der Waals surface area (Å²) in [5.41, 5.74) is 0.442. The minimum Gasteiger partial charge on any atom is -0.495 e. The summed E-state index contributed by atoms with van der Waals surface area (Å²) >= 11 is 5.91. The summed E-state index contributed by atoms with van der Waals surface area (Å²) in [5.74, 6) is -0.269. The normalized spacial score (nSPS) is 13.8. The number of rotatable bonds is 6. The second-order valence-electron chi connectivity index (χ2n) is 5.22. The molecule has 0 atom stereocenters. The molecule has 1 saturated heterocycles. The van der Waals surface area contributed by atoms with Crippen LogP contribution in [0, 0.1) is 0 Å². The standard InChI is InChI=1S/C15H18ClN3O5/c1-18(9-14(21)19-5-6-24-15(19)22)8-13(20)17-11-7-10(16)3-4-12(11)23-2/h3-4,7H,5-6,8-9H2,1-2H3,(H,17,20). The maximum absolute atomic E-state index is 12.1. The highest BCUT2D eigenvalue weighted by Gasteiger charge is 2.29. The minimum absolute atomic E-state index is 0.0374. The molecule has 1 aromatic rings. The SMILES string of the molecule is COc1ccc(Cl)cc1NC(=O)CN(C)CC(=O)N1CCOC1=O. The van der Waals surface area contributed by atoms with E-state index in [1.54, 1.807) is 25.2 Å². The van der Waals surface area contributed by atoms with Gasteiger partial charge < -0.3 is 14.8 Å². The molecule has 0 saturated carbocycles. The van der Waals surface area contributed by atoms with Crippen LogP contribution in [0.3, 0.4) is 0 Å². The molecule has 1 aliphatic rings. The number of carbonyl (C=O) groups excluding carboxylic acids is 3. The number of cyclic esters (lactones) is 1. The van der Waals surface area contributed by atoms with Crippen LogP contribution in [0.4, 0.5) is 10.5 Å². The number of hydrogen-bond donors (Lipinski definition) is 1. The number of ether oxygens (including phenoxy) is 2.